The van der Waals surface area contributed by atoms with Gasteiger partial charge in [0.1, 0.15) is 12.7 Å². The van der Waals surface area contributed by atoms with E-state index in [-0.39, 0.29) is 6.54 Å². The lowest BCUT2D eigenvalue weighted by atomic mass is 9.90. The smallest absolute Gasteiger partial charge is 0.151 e. The maximum atomic E-state index is 11.2. The van der Waals surface area contributed by atoms with Gasteiger partial charge in [-0.1, -0.05) is 36.4 Å². The second kappa shape index (κ2) is 5.22. The highest BCUT2D eigenvalue weighted by atomic mass is 16.3. The minimum Gasteiger partial charge on any atom is -0.377 e. The molecule has 0 aliphatic rings. The van der Waals surface area contributed by atoms with Crippen molar-refractivity contribution in [2.45, 2.75) is 12.1 Å². The summed E-state index contributed by atoms with van der Waals surface area (Å²) in [5.41, 5.74) is 0.117. The molecule has 0 radical (unpaired) electrons. The van der Waals surface area contributed by atoms with Crippen LogP contribution in [0.2, 0.25) is 0 Å². The lowest BCUT2D eigenvalue weighted by Crippen LogP contribution is -2.34. The van der Waals surface area contributed by atoms with Crippen molar-refractivity contribution >= 4 is 0 Å². The van der Waals surface area contributed by atoms with Crippen molar-refractivity contribution in [3.63, 3.8) is 0 Å². The molecule has 0 saturated carbocycles. The minimum atomic E-state index is -1.24. The molecular weight excluding hydrogens is 252 g/mol. The van der Waals surface area contributed by atoms with E-state index in [2.05, 4.69) is 15.1 Å². The molecule has 100 valence electrons. The summed E-state index contributed by atoms with van der Waals surface area (Å²) in [6.45, 7) is 0.258. The third-order valence-electron chi connectivity index (χ3n) is 3.20. The predicted molar refractivity (Wildman–Crippen MR) is 73.7 cm³/mol. The van der Waals surface area contributed by atoms with Crippen LogP contribution in [0.5, 0.6) is 0 Å². The Bertz CT molecular complexity index is 613. The molecule has 0 aliphatic heterocycles. The Morgan fingerprint density at radius 2 is 1.85 bits per heavy atom. The molecule has 0 saturated heterocycles. The highest BCUT2D eigenvalue weighted by molar-refractivity contribution is 5.31. The number of nitrogens with zero attached hydrogens (tertiary/aromatic N) is 4. The number of rotatable bonds is 4. The average Bonchev–Trinajstić information content (AvgIpc) is 3.02. The fourth-order valence-corrected chi connectivity index (χ4v) is 2.19. The molecule has 20 heavy (non-hydrogen) atoms. The molecular formula is C15H14N4O. The first-order chi connectivity index (χ1) is 9.79. The SMILES string of the molecule is OC(Cn1cncn1)(c1ccccc1)c1ccccn1. The molecule has 5 heteroatoms. The van der Waals surface area contributed by atoms with Gasteiger partial charge in [-0.15, -0.1) is 0 Å². The summed E-state index contributed by atoms with van der Waals surface area (Å²) < 4.78 is 1.60. The van der Waals surface area contributed by atoms with Crippen LogP contribution in [0.1, 0.15) is 11.3 Å². The summed E-state index contributed by atoms with van der Waals surface area (Å²) in [4.78, 5) is 8.21. The second-order valence-electron chi connectivity index (χ2n) is 4.53. The molecule has 1 aromatic carbocycles. The largest absolute Gasteiger partial charge is 0.377 e. The topological polar surface area (TPSA) is 63.8 Å². The van der Waals surface area contributed by atoms with E-state index in [1.807, 2.05) is 48.5 Å². The number of pyridine rings is 1. The molecule has 1 unspecified atom stereocenters. The first-order valence-corrected chi connectivity index (χ1v) is 6.31. The zero-order valence-electron chi connectivity index (χ0n) is 10.8. The first kappa shape index (κ1) is 12.5. The molecule has 3 aromatic rings. The molecule has 0 fully saturated rings. The lowest BCUT2D eigenvalue weighted by Gasteiger charge is -2.27. The van der Waals surface area contributed by atoms with Crippen molar-refractivity contribution in [2.24, 2.45) is 0 Å². The quantitative estimate of drug-likeness (QED) is 0.779. The summed E-state index contributed by atoms with van der Waals surface area (Å²) in [6, 6.07) is 15.0. The second-order valence-corrected chi connectivity index (χ2v) is 4.53. The van der Waals surface area contributed by atoms with Crippen molar-refractivity contribution < 1.29 is 5.11 Å². The van der Waals surface area contributed by atoms with Gasteiger partial charge in [0.15, 0.2) is 5.60 Å². The Kier molecular flexibility index (Phi) is 3.26. The number of hydrogen-bond acceptors (Lipinski definition) is 4. The zero-order chi connectivity index (χ0) is 13.8. The fourth-order valence-electron chi connectivity index (χ4n) is 2.19. The van der Waals surface area contributed by atoms with E-state index >= 15 is 0 Å². The van der Waals surface area contributed by atoms with Gasteiger partial charge >= 0.3 is 0 Å². The number of aliphatic hydroxyl groups is 1. The van der Waals surface area contributed by atoms with Crippen molar-refractivity contribution in [1.29, 1.82) is 0 Å². The molecule has 2 heterocycles. The minimum absolute atomic E-state index is 0.258. The average molecular weight is 266 g/mol. The molecule has 0 aliphatic carbocycles. The van der Waals surface area contributed by atoms with Crippen LogP contribution in [0.3, 0.4) is 0 Å². The highest BCUT2D eigenvalue weighted by Crippen LogP contribution is 2.29. The van der Waals surface area contributed by atoms with Gasteiger partial charge in [0.05, 0.1) is 12.2 Å². The number of benzene rings is 1. The van der Waals surface area contributed by atoms with Crippen LogP contribution >= 0.6 is 0 Å². The van der Waals surface area contributed by atoms with Crippen LogP contribution in [0.4, 0.5) is 0 Å². The highest BCUT2D eigenvalue weighted by Gasteiger charge is 2.33. The molecule has 1 N–H and O–H groups in total. The van der Waals surface area contributed by atoms with Crippen LogP contribution < -0.4 is 0 Å². The van der Waals surface area contributed by atoms with Crippen molar-refractivity contribution in [3.05, 3.63) is 78.6 Å². The summed E-state index contributed by atoms with van der Waals surface area (Å²) in [7, 11) is 0. The monoisotopic (exact) mass is 266 g/mol. The third-order valence-corrected chi connectivity index (χ3v) is 3.20. The molecule has 0 amide bonds. The lowest BCUT2D eigenvalue weighted by molar-refractivity contribution is 0.0528. The zero-order valence-corrected chi connectivity index (χ0v) is 10.8. The van der Waals surface area contributed by atoms with E-state index in [0.29, 0.717) is 5.69 Å². The summed E-state index contributed by atoms with van der Waals surface area (Å²) in [5, 5.41) is 15.2. The van der Waals surface area contributed by atoms with Crippen LogP contribution in [0.15, 0.2) is 67.4 Å². The van der Waals surface area contributed by atoms with E-state index < -0.39 is 5.60 Å². The molecule has 5 nitrogen and oxygen atoms in total. The third kappa shape index (κ3) is 2.31. The van der Waals surface area contributed by atoms with Gasteiger partial charge in [0.2, 0.25) is 0 Å². The van der Waals surface area contributed by atoms with Crippen LogP contribution in [0.25, 0.3) is 0 Å². The number of aromatic nitrogens is 4. The van der Waals surface area contributed by atoms with Crippen molar-refractivity contribution in [3.8, 4) is 0 Å². The van der Waals surface area contributed by atoms with E-state index in [4.69, 9.17) is 0 Å². The Morgan fingerprint density at radius 1 is 1.05 bits per heavy atom. The summed E-state index contributed by atoms with van der Waals surface area (Å²) in [6.07, 6.45) is 4.70. The van der Waals surface area contributed by atoms with E-state index in [1.165, 1.54) is 6.33 Å². The predicted octanol–water partition coefficient (Wildman–Crippen LogP) is 1.61. The Hall–Kier alpha value is -2.53. The molecule has 1 atom stereocenters. The standard InChI is InChI=1S/C15H14N4O/c20-15(10-19-12-16-11-18-19,13-6-2-1-3-7-13)14-8-4-5-9-17-14/h1-9,11-12,20H,10H2. The first-order valence-electron chi connectivity index (χ1n) is 6.31. The van der Waals surface area contributed by atoms with Gasteiger partial charge in [0, 0.05) is 6.20 Å². The van der Waals surface area contributed by atoms with Crippen LogP contribution in [0, 0.1) is 0 Å². The van der Waals surface area contributed by atoms with Gasteiger partial charge in [-0.2, -0.15) is 5.10 Å². The van der Waals surface area contributed by atoms with E-state index in [9.17, 15) is 5.11 Å². The van der Waals surface area contributed by atoms with Gasteiger partial charge in [-0.05, 0) is 17.7 Å². The summed E-state index contributed by atoms with van der Waals surface area (Å²) in [5.74, 6) is 0. The maximum Gasteiger partial charge on any atom is 0.151 e. The van der Waals surface area contributed by atoms with E-state index in [1.54, 1.807) is 17.2 Å². The van der Waals surface area contributed by atoms with Gasteiger partial charge < -0.3 is 5.11 Å². The Balaban J connectivity index is 2.08. The normalized spacial score (nSPS) is 13.8. The van der Waals surface area contributed by atoms with Crippen molar-refractivity contribution in [2.75, 3.05) is 0 Å². The van der Waals surface area contributed by atoms with Gasteiger partial charge in [-0.25, -0.2) is 9.67 Å². The maximum absolute atomic E-state index is 11.2. The molecule has 0 spiro atoms. The molecule has 0 bridgehead atoms. The fraction of sp³-hybridized carbons (Fsp3) is 0.133. The molecule has 3 rings (SSSR count). The van der Waals surface area contributed by atoms with Crippen molar-refractivity contribution in [1.82, 2.24) is 19.7 Å². The molecule has 2 aromatic heterocycles. The summed E-state index contributed by atoms with van der Waals surface area (Å²) >= 11 is 0. The van der Waals surface area contributed by atoms with E-state index in [0.717, 1.165) is 5.56 Å². The van der Waals surface area contributed by atoms with Gasteiger partial charge in [-0.3, -0.25) is 4.98 Å². The number of hydrogen-bond donors (Lipinski definition) is 1. The van der Waals surface area contributed by atoms with Crippen LogP contribution in [-0.4, -0.2) is 24.9 Å². The van der Waals surface area contributed by atoms with Crippen LogP contribution in [-0.2, 0) is 12.1 Å². The Morgan fingerprint density at radius 3 is 2.50 bits per heavy atom. The Labute approximate surface area is 116 Å². The van der Waals surface area contributed by atoms with Gasteiger partial charge in [0.25, 0.3) is 0 Å².